The summed E-state index contributed by atoms with van der Waals surface area (Å²) in [6.45, 7) is 3.46. The highest BCUT2D eigenvalue weighted by atomic mass is 32.2. The molecule has 0 amide bonds. The zero-order chi connectivity index (χ0) is 13.2. The number of hydrogen-bond acceptors (Lipinski definition) is 4. The molecular formula is C12H13N3O2S. The van der Waals surface area contributed by atoms with Crippen molar-refractivity contribution >= 4 is 15.8 Å². The van der Waals surface area contributed by atoms with Gasteiger partial charge in [-0.15, -0.1) is 0 Å². The summed E-state index contributed by atoms with van der Waals surface area (Å²) in [6, 6.07) is 8.16. The maximum absolute atomic E-state index is 12.1. The van der Waals surface area contributed by atoms with E-state index < -0.39 is 10.0 Å². The zero-order valence-electron chi connectivity index (χ0n) is 10.1. The summed E-state index contributed by atoms with van der Waals surface area (Å²) < 4.78 is 26.6. The van der Waals surface area contributed by atoms with Crippen LogP contribution in [-0.2, 0) is 10.0 Å². The minimum atomic E-state index is -3.61. The van der Waals surface area contributed by atoms with E-state index in [1.807, 2.05) is 0 Å². The standard InChI is InChI=1S/C12H13N3O2S/c1-9-8-13-10(2)12(14-9)15-18(16,17)11-6-4-3-5-7-11/h3-8H,1-2H3,(H,14,15). The van der Waals surface area contributed by atoms with Crippen LogP contribution < -0.4 is 4.72 Å². The number of hydrogen-bond donors (Lipinski definition) is 1. The SMILES string of the molecule is Cc1cnc(C)c(NS(=O)(=O)c2ccccc2)n1. The monoisotopic (exact) mass is 263 g/mol. The molecule has 1 N–H and O–H groups in total. The number of aryl methyl sites for hydroxylation is 2. The van der Waals surface area contributed by atoms with Gasteiger partial charge in [-0.1, -0.05) is 18.2 Å². The van der Waals surface area contributed by atoms with Crippen molar-refractivity contribution in [3.05, 3.63) is 47.9 Å². The molecule has 0 saturated carbocycles. The molecule has 0 atom stereocenters. The largest absolute Gasteiger partial charge is 0.263 e. The molecule has 2 rings (SSSR count). The number of nitrogens with zero attached hydrogens (tertiary/aromatic N) is 2. The van der Waals surface area contributed by atoms with Crippen molar-refractivity contribution in [1.82, 2.24) is 9.97 Å². The normalized spacial score (nSPS) is 11.2. The molecule has 0 aliphatic heterocycles. The second kappa shape index (κ2) is 4.73. The molecule has 1 aromatic heterocycles. The third-order valence-corrected chi connectivity index (χ3v) is 3.72. The average Bonchev–Trinajstić information content (AvgIpc) is 2.35. The van der Waals surface area contributed by atoms with Gasteiger partial charge in [0, 0.05) is 6.20 Å². The van der Waals surface area contributed by atoms with Crippen molar-refractivity contribution in [2.45, 2.75) is 18.7 Å². The van der Waals surface area contributed by atoms with E-state index in [0.29, 0.717) is 11.4 Å². The predicted octanol–water partition coefficient (Wildman–Crippen LogP) is 1.89. The van der Waals surface area contributed by atoms with E-state index in [2.05, 4.69) is 14.7 Å². The lowest BCUT2D eigenvalue weighted by Crippen LogP contribution is -2.15. The van der Waals surface area contributed by atoms with Crippen LogP contribution in [0.4, 0.5) is 5.82 Å². The Morgan fingerprint density at radius 2 is 1.78 bits per heavy atom. The highest BCUT2D eigenvalue weighted by molar-refractivity contribution is 7.92. The van der Waals surface area contributed by atoms with Crippen LogP contribution in [0.15, 0.2) is 41.4 Å². The molecule has 0 aliphatic rings. The van der Waals surface area contributed by atoms with Crippen LogP contribution in [0.2, 0.25) is 0 Å². The average molecular weight is 263 g/mol. The Bertz CT molecular complexity index is 654. The summed E-state index contributed by atoms with van der Waals surface area (Å²) in [5, 5.41) is 0. The van der Waals surface area contributed by atoms with Gasteiger partial charge in [-0.3, -0.25) is 9.71 Å². The molecule has 0 spiro atoms. The van der Waals surface area contributed by atoms with Gasteiger partial charge < -0.3 is 0 Å². The molecule has 0 bridgehead atoms. The van der Waals surface area contributed by atoms with Gasteiger partial charge in [0.15, 0.2) is 5.82 Å². The first-order valence-electron chi connectivity index (χ1n) is 5.37. The Hall–Kier alpha value is -1.95. The van der Waals surface area contributed by atoms with Gasteiger partial charge in [-0.05, 0) is 26.0 Å². The summed E-state index contributed by atoms with van der Waals surface area (Å²) in [4.78, 5) is 8.40. The predicted molar refractivity (Wildman–Crippen MR) is 68.8 cm³/mol. The van der Waals surface area contributed by atoms with E-state index in [-0.39, 0.29) is 10.7 Å². The molecule has 94 valence electrons. The maximum atomic E-state index is 12.1. The van der Waals surface area contributed by atoms with E-state index in [0.717, 1.165) is 0 Å². The number of sulfonamides is 1. The first-order chi connectivity index (χ1) is 8.49. The topological polar surface area (TPSA) is 72.0 Å². The second-order valence-electron chi connectivity index (χ2n) is 3.86. The molecule has 0 saturated heterocycles. The number of benzene rings is 1. The number of nitrogens with one attached hydrogen (secondary N) is 1. The molecule has 18 heavy (non-hydrogen) atoms. The molecule has 0 aliphatic carbocycles. The van der Waals surface area contributed by atoms with E-state index >= 15 is 0 Å². The van der Waals surface area contributed by atoms with E-state index in [1.54, 1.807) is 38.2 Å². The summed E-state index contributed by atoms with van der Waals surface area (Å²) in [5.74, 6) is 0.263. The van der Waals surface area contributed by atoms with Gasteiger partial charge in [0.1, 0.15) is 0 Å². The first kappa shape index (κ1) is 12.5. The fourth-order valence-corrected chi connectivity index (χ4v) is 2.50. The smallest absolute Gasteiger partial charge is 0.262 e. The molecule has 2 aromatic rings. The third kappa shape index (κ3) is 2.65. The Morgan fingerprint density at radius 1 is 1.11 bits per heavy atom. The van der Waals surface area contributed by atoms with Crippen molar-refractivity contribution in [2.24, 2.45) is 0 Å². The first-order valence-corrected chi connectivity index (χ1v) is 6.85. The van der Waals surface area contributed by atoms with Gasteiger partial charge >= 0.3 is 0 Å². The third-order valence-electron chi connectivity index (χ3n) is 2.36. The van der Waals surface area contributed by atoms with E-state index in [1.165, 1.54) is 12.1 Å². The van der Waals surface area contributed by atoms with Gasteiger partial charge in [0.25, 0.3) is 10.0 Å². The fraction of sp³-hybridized carbons (Fsp3) is 0.167. The lowest BCUT2D eigenvalue weighted by atomic mass is 10.4. The van der Waals surface area contributed by atoms with Gasteiger partial charge in [0.2, 0.25) is 0 Å². The molecule has 1 heterocycles. The number of aromatic nitrogens is 2. The molecule has 0 fully saturated rings. The summed E-state index contributed by atoms with van der Waals surface area (Å²) in [5.41, 5.74) is 1.20. The molecular weight excluding hydrogens is 250 g/mol. The fourth-order valence-electron chi connectivity index (χ4n) is 1.42. The number of rotatable bonds is 3. The summed E-state index contributed by atoms with van der Waals surface area (Å²) in [7, 11) is -3.61. The summed E-state index contributed by atoms with van der Waals surface area (Å²) in [6.07, 6.45) is 1.59. The maximum Gasteiger partial charge on any atom is 0.263 e. The van der Waals surface area contributed by atoms with E-state index in [4.69, 9.17) is 0 Å². The summed E-state index contributed by atoms with van der Waals surface area (Å²) >= 11 is 0. The lowest BCUT2D eigenvalue weighted by molar-refractivity contribution is 0.601. The van der Waals surface area contributed by atoms with Crippen molar-refractivity contribution in [2.75, 3.05) is 4.72 Å². The van der Waals surface area contributed by atoms with Crippen LogP contribution in [0.5, 0.6) is 0 Å². The van der Waals surface area contributed by atoms with Gasteiger partial charge in [-0.2, -0.15) is 0 Å². The Balaban J connectivity index is 2.37. The van der Waals surface area contributed by atoms with Crippen LogP contribution in [-0.4, -0.2) is 18.4 Å². The van der Waals surface area contributed by atoms with Crippen LogP contribution in [0.1, 0.15) is 11.4 Å². The number of anilines is 1. The van der Waals surface area contributed by atoms with E-state index in [9.17, 15) is 8.42 Å². The minimum absolute atomic E-state index is 0.202. The van der Waals surface area contributed by atoms with Crippen molar-refractivity contribution in [3.8, 4) is 0 Å². The van der Waals surface area contributed by atoms with Crippen LogP contribution >= 0.6 is 0 Å². The molecule has 0 radical (unpaired) electrons. The van der Waals surface area contributed by atoms with Crippen molar-refractivity contribution < 1.29 is 8.42 Å². The Kier molecular flexibility index (Phi) is 3.29. The minimum Gasteiger partial charge on any atom is -0.262 e. The van der Waals surface area contributed by atoms with Crippen LogP contribution in [0, 0.1) is 13.8 Å². The highest BCUT2D eigenvalue weighted by Gasteiger charge is 2.15. The zero-order valence-corrected chi connectivity index (χ0v) is 10.9. The quantitative estimate of drug-likeness (QED) is 0.918. The molecule has 5 nitrogen and oxygen atoms in total. The Labute approximate surface area is 106 Å². The van der Waals surface area contributed by atoms with Gasteiger partial charge in [0.05, 0.1) is 16.3 Å². The van der Waals surface area contributed by atoms with Crippen molar-refractivity contribution in [1.29, 1.82) is 0 Å². The second-order valence-corrected chi connectivity index (χ2v) is 5.55. The molecule has 0 unspecified atom stereocenters. The lowest BCUT2D eigenvalue weighted by Gasteiger charge is -2.09. The molecule has 6 heteroatoms. The Morgan fingerprint density at radius 3 is 2.44 bits per heavy atom. The van der Waals surface area contributed by atoms with Crippen LogP contribution in [0.3, 0.4) is 0 Å². The van der Waals surface area contributed by atoms with Crippen LogP contribution in [0.25, 0.3) is 0 Å². The van der Waals surface area contributed by atoms with Crippen molar-refractivity contribution in [3.63, 3.8) is 0 Å². The molecule has 1 aromatic carbocycles. The van der Waals surface area contributed by atoms with Gasteiger partial charge in [-0.25, -0.2) is 13.4 Å². The highest BCUT2D eigenvalue weighted by Crippen LogP contribution is 2.16.